The van der Waals surface area contributed by atoms with E-state index >= 15 is 0 Å². The summed E-state index contributed by atoms with van der Waals surface area (Å²) < 4.78 is 0. The quantitative estimate of drug-likeness (QED) is 0.818. The molecule has 0 aromatic carbocycles. The molecular weight excluding hydrogens is 254 g/mol. The lowest BCUT2D eigenvalue weighted by Crippen LogP contribution is -2.31. The fourth-order valence-corrected chi connectivity index (χ4v) is 2.01. The third-order valence-electron chi connectivity index (χ3n) is 3.56. The molecule has 0 bridgehead atoms. The SMILES string of the molecule is Cc1ccc(CNC(=O)CCNC(=O)[C@@H]2C[C@@H]2C)cn1. The Hall–Kier alpha value is -1.91. The normalized spacial score (nSPS) is 20.3. The molecule has 1 aromatic rings. The molecule has 0 radical (unpaired) electrons. The lowest BCUT2D eigenvalue weighted by atomic mass is 10.2. The molecule has 1 aliphatic carbocycles. The number of pyridine rings is 1. The van der Waals surface area contributed by atoms with E-state index in [0.29, 0.717) is 25.4 Å². The molecule has 1 fully saturated rings. The smallest absolute Gasteiger partial charge is 0.223 e. The maximum Gasteiger partial charge on any atom is 0.223 e. The molecule has 0 saturated heterocycles. The molecular formula is C15H21N3O2. The van der Waals surface area contributed by atoms with Crippen molar-refractivity contribution in [2.45, 2.75) is 33.2 Å². The summed E-state index contributed by atoms with van der Waals surface area (Å²) in [5, 5.41) is 5.61. The number of nitrogens with one attached hydrogen (secondary N) is 2. The third kappa shape index (κ3) is 4.33. The van der Waals surface area contributed by atoms with Crippen molar-refractivity contribution < 1.29 is 9.59 Å². The van der Waals surface area contributed by atoms with E-state index in [9.17, 15) is 9.59 Å². The van der Waals surface area contributed by atoms with Crippen LogP contribution >= 0.6 is 0 Å². The molecule has 2 N–H and O–H groups in total. The van der Waals surface area contributed by atoms with Crippen molar-refractivity contribution in [2.24, 2.45) is 11.8 Å². The maximum absolute atomic E-state index is 11.6. The van der Waals surface area contributed by atoms with Gasteiger partial charge in [-0.1, -0.05) is 13.0 Å². The van der Waals surface area contributed by atoms with Gasteiger partial charge in [0.15, 0.2) is 0 Å². The predicted molar refractivity (Wildman–Crippen MR) is 75.7 cm³/mol. The Labute approximate surface area is 119 Å². The molecule has 0 aliphatic heterocycles. The summed E-state index contributed by atoms with van der Waals surface area (Å²) in [7, 11) is 0. The fraction of sp³-hybridized carbons (Fsp3) is 0.533. The molecule has 2 rings (SSSR count). The number of hydrogen-bond acceptors (Lipinski definition) is 3. The largest absolute Gasteiger partial charge is 0.355 e. The van der Waals surface area contributed by atoms with E-state index in [1.54, 1.807) is 6.20 Å². The first-order valence-electron chi connectivity index (χ1n) is 7.02. The van der Waals surface area contributed by atoms with Gasteiger partial charge in [0.2, 0.25) is 11.8 Å². The zero-order valence-electron chi connectivity index (χ0n) is 12.0. The van der Waals surface area contributed by atoms with Crippen molar-refractivity contribution in [3.63, 3.8) is 0 Å². The van der Waals surface area contributed by atoms with E-state index in [1.165, 1.54) is 0 Å². The minimum Gasteiger partial charge on any atom is -0.355 e. The van der Waals surface area contributed by atoms with E-state index in [1.807, 2.05) is 19.1 Å². The van der Waals surface area contributed by atoms with Crippen LogP contribution < -0.4 is 10.6 Å². The number of hydrogen-bond donors (Lipinski definition) is 2. The van der Waals surface area contributed by atoms with E-state index in [0.717, 1.165) is 17.7 Å². The maximum atomic E-state index is 11.6. The summed E-state index contributed by atoms with van der Waals surface area (Å²) in [5.41, 5.74) is 1.93. The molecule has 1 saturated carbocycles. The molecule has 1 heterocycles. The summed E-state index contributed by atoms with van der Waals surface area (Å²) in [6.45, 7) is 4.86. The van der Waals surface area contributed by atoms with E-state index < -0.39 is 0 Å². The summed E-state index contributed by atoms with van der Waals surface area (Å²) >= 11 is 0. The lowest BCUT2D eigenvalue weighted by molar-refractivity contribution is -0.123. The van der Waals surface area contributed by atoms with Crippen LogP contribution in [-0.2, 0) is 16.1 Å². The van der Waals surface area contributed by atoms with Crippen LogP contribution in [0.3, 0.4) is 0 Å². The van der Waals surface area contributed by atoms with Gasteiger partial charge < -0.3 is 10.6 Å². The van der Waals surface area contributed by atoms with E-state index in [2.05, 4.69) is 22.5 Å². The highest BCUT2D eigenvalue weighted by Gasteiger charge is 2.38. The van der Waals surface area contributed by atoms with Crippen molar-refractivity contribution in [1.29, 1.82) is 0 Å². The van der Waals surface area contributed by atoms with Crippen molar-refractivity contribution in [3.05, 3.63) is 29.6 Å². The number of rotatable bonds is 6. The van der Waals surface area contributed by atoms with Gasteiger partial charge in [-0.3, -0.25) is 14.6 Å². The van der Waals surface area contributed by atoms with Crippen molar-refractivity contribution in [3.8, 4) is 0 Å². The Bertz CT molecular complexity index is 484. The van der Waals surface area contributed by atoms with Gasteiger partial charge in [-0.15, -0.1) is 0 Å². The van der Waals surface area contributed by atoms with Crippen LogP contribution in [0.15, 0.2) is 18.3 Å². The Morgan fingerprint density at radius 2 is 2.10 bits per heavy atom. The van der Waals surface area contributed by atoms with Crippen molar-refractivity contribution >= 4 is 11.8 Å². The summed E-state index contributed by atoms with van der Waals surface area (Å²) in [5.74, 6) is 0.678. The second-order valence-corrected chi connectivity index (χ2v) is 5.45. The molecule has 108 valence electrons. The topological polar surface area (TPSA) is 71.1 Å². The average Bonchev–Trinajstić information content (AvgIpc) is 3.15. The molecule has 5 nitrogen and oxygen atoms in total. The van der Waals surface area contributed by atoms with Crippen LogP contribution in [0.25, 0.3) is 0 Å². The monoisotopic (exact) mass is 275 g/mol. The summed E-state index contributed by atoms with van der Waals surface area (Å²) in [4.78, 5) is 27.4. The minimum absolute atomic E-state index is 0.0604. The first kappa shape index (κ1) is 14.5. The number of aromatic nitrogens is 1. The van der Waals surface area contributed by atoms with Gasteiger partial charge in [0.1, 0.15) is 0 Å². The number of amides is 2. The molecule has 2 amide bonds. The van der Waals surface area contributed by atoms with Gasteiger partial charge in [0.25, 0.3) is 0 Å². The second-order valence-electron chi connectivity index (χ2n) is 5.45. The Kier molecular flexibility index (Phi) is 4.71. The standard InChI is InChI=1S/C15H21N3O2/c1-10-7-13(10)15(20)16-6-5-14(19)18-9-12-4-3-11(2)17-8-12/h3-4,8,10,13H,5-7,9H2,1-2H3,(H,16,20)(H,18,19)/t10-,13+/m0/s1. The van der Waals surface area contributed by atoms with E-state index in [4.69, 9.17) is 0 Å². The number of carbonyl (C=O) groups is 2. The van der Waals surface area contributed by atoms with Gasteiger partial charge in [-0.25, -0.2) is 0 Å². The Morgan fingerprint density at radius 1 is 1.35 bits per heavy atom. The third-order valence-corrected chi connectivity index (χ3v) is 3.56. The van der Waals surface area contributed by atoms with Crippen molar-refractivity contribution in [1.82, 2.24) is 15.6 Å². The predicted octanol–water partition coefficient (Wildman–Crippen LogP) is 1.17. The summed E-state index contributed by atoms with van der Waals surface area (Å²) in [6, 6.07) is 3.86. The van der Waals surface area contributed by atoms with Gasteiger partial charge in [-0.2, -0.15) is 0 Å². The van der Waals surface area contributed by atoms with Gasteiger partial charge >= 0.3 is 0 Å². The second kappa shape index (κ2) is 6.50. The Morgan fingerprint density at radius 3 is 2.70 bits per heavy atom. The van der Waals surface area contributed by atoms with Crippen LogP contribution in [0.2, 0.25) is 0 Å². The number of carbonyl (C=O) groups excluding carboxylic acids is 2. The molecule has 0 unspecified atom stereocenters. The summed E-state index contributed by atoms with van der Waals surface area (Å²) in [6.07, 6.45) is 3.04. The average molecular weight is 275 g/mol. The first-order valence-corrected chi connectivity index (χ1v) is 7.02. The molecule has 0 spiro atoms. The highest BCUT2D eigenvalue weighted by molar-refractivity contribution is 5.82. The van der Waals surface area contributed by atoms with Gasteiger partial charge in [-0.05, 0) is 30.9 Å². The fourth-order valence-electron chi connectivity index (χ4n) is 2.01. The molecule has 20 heavy (non-hydrogen) atoms. The van der Waals surface area contributed by atoms with Crippen LogP contribution in [0, 0.1) is 18.8 Å². The van der Waals surface area contributed by atoms with Crippen molar-refractivity contribution in [2.75, 3.05) is 6.54 Å². The van der Waals surface area contributed by atoms with Crippen LogP contribution in [0.4, 0.5) is 0 Å². The zero-order chi connectivity index (χ0) is 14.5. The highest BCUT2D eigenvalue weighted by atomic mass is 16.2. The highest BCUT2D eigenvalue weighted by Crippen LogP contribution is 2.37. The Balaban J connectivity index is 1.60. The van der Waals surface area contributed by atoms with E-state index in [-0.39, 0.29) is 17.7 Å². The first-order chi connectivity index (χ1) is 9.56. The molecule has 1 aliphatic rings. The molecule has 1 aromatic heterocycles. The van der Waals surface area contributed by atoms with Crippen LogP contribution in [-0.4, -0.2) is 23.3 Å². The molecule has 2 atom stereocenters. The van der Waals surface area contributed by atoms with Crippen LogP contribution in [0.1, 0.15) is 31.0 Å². The number of nitrogens with zero attached hydrogens (tertiary/aromatic N) is 1. The van der Waals surface area contributed by atoms with Crippen LogP contribution in [0.5, 0.6) is 0 Å². The van der Waals surface area contributed by atoms with Gasteiger partial charge in [0, 0.05) is 37.3 Å². The zero-order valence-corrected chi connectivity index (χ0v) is 12.0. The number of aryl methyl sites for hydroxylation is 1. The van der Waals surface area contributed by atoms with Gasteiger partial charge in [0.05, 0.1) is 0 Å². The molecule has 5 heteroatoms. The lowest BCUT2D eigenvalue weighted by Gasteiger charge is -2.06. The minimum atomic E-state index is -0.0604.